The monoisotopic (exact) mass is 516 g/mol. The van der Waals surface area contributed by atoms with Crippen molar-refractivity contribution in [3.05, 3.63) is 87.6 Å². The molecule has 0 saturated heterocycles. The molecule has 0 aromatic carbocycles. The highest BCUT2D eigenvalue weighted by molar-refractivity contribution is 7.14. The van der Waals surface area contributed by atoms with E-state index in [1.165, 1.54) is 0 Å². The van der Waals surface area contributed by atoms with Crippen LogP contribution in [0.25, 0.3) is 43.1 Å². The number of aromatic amines is 2. The highest BCUT2D eigenvalue weighted by Gasteiger charge is 2.23. The van der Waals surface area contributed by atoms with Gasteiger partial charge in [0.2, 0.25) is 0 Å². The molecule has 6 nitrogen and oxygen atoms in total. The maximum absolute atomic E-state index is 10.4. The van der Waals surface area contributed by atoms with Gasteiger partial charge >= 0.3 is 0 Å². The van der Waals surface area contributed by atoms with Crippen LogP contribution in [0.2, 0.25) is 0 Å². The molecule has 0 radical (unpaired) electrons. The lowest BCUT2D eigenvalue weighted by Crippen LogP contribution is -2.12. The largest absolute Gasteiger partial charge is 0.352 e. The lowest BCUT2D eigenvalue weighted by atomic mass is 10.0. The zero-order chi connectivity index (χ0) is 25.4. The van der Waals surface area contributed by atoms with Crippen molar-refractivity contribution in [2.45, 2.75) is 13.3 Å². The molecular weight excluding hydrogens is 496 g/mol. The third-order valence-corrected chi connectivity index (χ3v) is 8.11. The second-order valence-corrected chi connectivity index (χ2v) is 10.6. The van der Waals surface area contributed by atoms with Crippen LogP contribution in [0.3, 0.4) is 0 Å². The van der Waals surface area contributed by atoms with Crippen molar-refractivity contribution in [3.8, 4) is 33.3 Å². The first kappa shape index (κ1) is 22.9. The summed E-state index contributed by atoms with van der Waals surface area (Å²) in [5.41, 5.74) is 3.90. The molecule has 0 aliphatic carbocycles. The van der Waals surface area contributed by atoms with Crippen LogP contribution in [0.5, 0.6) is 0 Å². The van der Waals surface area contributed by atoms with Crippen LogP contribution >= 0.6 is 22.7 Å². The summed E-state index contributed by atoms with van der Waals surface area (Å²) in [5, 5.41) is 27.8. The molecular formula is C29H20N6S2. The van der Waals surface area contributed by atoms with Gasteiger partial charge in [-0.3, -0.25) is 9.98 Å². The van der Waals surface area contributed by atoms with Gasteiger partial charge in [-0.25, -0.2) is 0 Å². The SMILES string of the molecule is CC1C=C(/C(C#N)=c2\[nH]c(-c3cccs3)c3/c(=C(\C#N)c4ccccn4)[nH]c(-c4cccs4)c23)N=CC1. The number of rotatable bonds is 4. The second kappa shape index (κ2) is 9.51. The van der Waals surface area contributed by atoms with E-state index >= 15 is 0 Å². The number of hydrogen-bond donors (Lipinski definition) is 2. The number of nitrogens with zero attached hydrogens (tertiary/aromatic N) is 4. The van der Waals surface area contributed by atoms with Crippen LogP contribution in [0.4, 0.5) is 0 Å². The Morgan fingerprint density at radius 2 is 1.54 bits per heavy atom. The Bertz CT molecular complexity index is 1840. The number of H-pyrrole nitrogens is 2. The van der Waals surface area contributed by atoms with Gasteiger partial charge in [0, 0.05) is 23.2 Å². The van der Waals surface area contributed by atoms with E-state index in [1.807, 2.05) is 59.4 Å². The van der Waals surface area contributed by atoms with Gasteiger partial charge in [0.05, 0.1) is 43.2 Å². The smallest absolute Gasteiger partial charge is 0.104 e. The molecule has 8 heteroatoms. The van der Waals surface area contributed by atoms with Gasteiger partial charge < -0.3 is 9.97 Å². The van der Waals surface area contributed by atoms with E-state index in [1.54, 1.807) is 28.9 Å². The zero-order valence-corrected chi connectivity index (χ0v) is 21.5. The fraction of sp³-hybridized carbons (Fsp3) is 0.103. The fourth-order valence-corrected chi connectivity index (χ4v) is 6.14. The number of nitriles is 2. The molecule has 5 aromatic rings. The molecule has 6 heterocycles. The van der Waals surface area contributed by atoms with Crippen LogP contribution in [0, 0.1) is 28.6 Å². The summed E-state index contributed by atoms with van der Waals surface area (Å²) in [5.74, 6) is 0.291. The number of fused-ring (bicyclic) bond motifs is 1. The Labute approximate surface area is 220 Å². The normalized spacial score (nSPS) is 16.7. The molecule has 1 aliphatic rings. The summed E-state index contributed by atoms with van der Waals surface area (Å²) in [6.45, 7) is 2.12. The highest BCUT2D eigenvalue weighted by Crippen LogP contribution is 2.35. The molecule has 0 fully saturated rings. The zero-order valence-electron chi connectivity index (χ0n) is 19.8. The van der Waals surface area contributed by atoms with Crippen molar-refractivity contribution in [1.29, 1.82) is 10.5 Å². The van der Waals surface area contributed by atoms with Crippen molar-refractivity contribution in [1.82, 2.24) is 15.0 Å². The Kier molecular flexibility index (Phi) is 5.90. The third-order valence-electron chi connectivity index (χ3n) is 6.34. The molecule has 37 heavy (non-hydrogen) atoms. The quantitative estimate of drug-likeness (QED) is 0.318. The number of aromatic nitrogens is 3. The molecule has 0 spiro atoms. The minimum Gasteiger partial charge on any atom is -0.352 e. The van der Waals surface area contributed by atoms with Crippen LogP contribution in [0.15, 0.2) is 76.2 Å². The maximum Gasteiger partial charge on any atom is 0.104 e. The summed E-state index contributed by atoms with van der Waals surface area (Å²) in [4.78, 5) is 18.2. The van der Waals surface area contributed by atoms with Crippen molar-refractivity contribution >= 4 is 50.8 Å². The fourth-order valence-electron chi connectivity index (χ4n) is 4.68. The van der Waals surface area contributed by atoms with Gasteiger partial charge in [-0.2, -0.15) is 10.5 Å². The molecule has 5 aromatic heterocycles. The molecule has 0 bridgehead atoms. The van der Waals surface area contributed by atoms with E-state index in [2.05, 4.69) is 45.1 Å². The minimum absolute atomic E-state index is 0.291. The Hall–Kier alpha value is -4.50. The van der Waals surface area contributed by atoms with Crippen molar-refractivity contribution in [3.63, 3.8) is 0 Å². The Morgan fingerprint density at radius 1 is 0.892 bits per heavy atom. The first-order valence-electron chi connectivity index (χ1n) is 11.8. The van der Waals surface area contributed by atoms with E-state index in [0.29, 0.717) is 39.2 Å². The third kappa shape index (κ3) is 3.93. The molecule has 1 atom stereocenters. The summed E-state index contributed by atoms with van der Waals surface area (Å²) in [6, 6.07) is 18.4. The summed E-state index contributed by atoms with van der Waals surface area (Å²) in [7, 11) is 0. The molecule has 178 valence electrons. The van der Waals surface area contributed by atoms with Crippen molar-refractivity contribution < 1.29 is 0 Å². The molecule has 6 rings (SSSR count). The lowest BCUT2D eigenvalue weighted by Gasteiger charge is -2.10. The topological polar surface area (TPSA) is 104 Å². The van der Waals surface area contributed by atoms with Crippen LogP contribution < -0.4 is 10.7 Å². The first-order valence-corrected chi connectivity index (χ1v) is 13.5. The molecule has 0 amide bonds. The van der Waals surface area contributed by atoms with E-state index in [0.717, 1.165) is 38.3 Å². The maximum atomic E-state index is 10.4. The number of hydrogen-bond acceptors (Lipinski definition) is 6. The lowest BCUT2D eigenvalue weighted by molar-refractivity contribution is 0.759. The van der Waals surface area contributed by atoms with Gasteiger partial charge in [0.25, 0.3) is 0 Å². The molecule has 2 N–H and O–H groups in total. The average Bonchev–Trinajstić information content (AvgIpc) is 3.72. The summed E-state index contributed by atoms with van der Waals surface area (Å²) < 4.78 is 0. The predicted octanol–water partition coefficient (Wildman–Crippen LogP) is 5.74. The van der Waals surface area contributed by atoms with Gasteiger partial charge in [-0.1, -0.05) is 31.2 Å². The highest BCUT2D eigenvalue weighted by atomic mass is 32.1. The standard InChI is InChI=1S/C29H20N6S2/c1-17-9-11-33-21(14-17)19(16-31)27-25-24(28(35-27)22-7-4-12-36-22)26(34-29(25)23-8-5-13-37-23)18(15-30)20-6-2-3-10-32-20/h2-8,10-14,17,34-35H,9H2,1H3/b26-18-,27-19-. The second-order valence-electron chi connectivity index (χ2n) is 8.72. The van der Waals surface area contributed by atoms with Gasteiger partial charge in [-0.15, -0.1) is 22.7 Å². The minimum atomic E-state index is 0.291. The average molecular weight is 517 g/mol. The first-order chi connectivity index (χ1) is 18.2. The molecule has 1 aliphatic heterocycles. The Balaban J connectivity index is 1.86. The van der Waals surface area contributed by atoms with Crippen molar-refractivity contribution in [2.75, 3.05) is 0 Å². The van der Waals surface area contributed by atoms with E-state index in [9.17, 15) is 10.5 Å². The number of allylic oxidation sites excluding steroid dienone is 2. The van der Waals surface area contributed by atoms with Crippen molar-refractivity contribution in [2.24, 2.45) is 10.9 Å². The van der Waals surface area contributed by atoms with E-state index in [-0.39, 0.29) is 0 Å². The number of pyridine rings is 1. The van der Waals surface area contributed by atoms with Crippen LogP contribution in [0.1, 0.15) is 19.0 Å². The van der Waals surface area contributed by atoms with Crippen LogP contribution in [-0.2, 0) is 0 Å². The Morgan fingerprint density at radius 3 is 2.05 bits per heavy atom. The summed E-state index contributed by atoms with van der Waals surface area (Å²) in [6.07, 6.45) is 6.46. The summed E-state index contributed by atoms with van der Waals surface area (Å²) >= 11 is 3.21. The van der Waals surface area contributed by atoms with E-state index in [4.69, 9.17) is 0 Å². The van der Waals surface area contributed by atoms with Gasteiger partial charge in [0.15, 0.2) is 0 Å². The van der Waals surface area contributed by atoms with E-state index < -0.39 is 0 Å². The van der Waals surface area contributed by atoms with Gasteiger partial charge in [-0.05, 0) is 47.4 Å². The van der Waals surface area contributed by atoms with Gasteiger partial charge in [0.1, 0.15) is 23.3 Å². The number of nitrogens with one attached hydrogen (secondary N) is 2. The predicted molar refractivity (Wildman–Crippen MR) is 150 cm³/mol. The number of thiophene rings is 2. The number of aliphatic imine (C=N–C) groups is 1. The molecule has 1 unspecified atom stereocenters. The van der Waals surface area contributed by atoms with Crippen LogP contribution in [-0.4, -0.2) is 21.2 Å². The molecule has 0 saturated carbocycles.